The van der Waals surface area contributed by atoms with E-state index in [1.807, 2.05) is 0 Å². The smallest absolute Gasteiger partial charge is 0.0719 e. The Balaban J connectivity index is 1.38. The maximum absolute atomic E-state index is 5.25. The molecule has 3 fully saturated rings. The van der Waals surface area contributed by atoms with E-state index >= 15 is 0 Å². The van der Waals surface area contributed by atoms with E-state index in [0.717, 1.165) is 12.0 Å². The molecular formula is C19H36N2OS. The number of thiol groups is 1. The molecule has 1 spiro atoms. The van der Waals surface area contributed by atoms with Gasteiger partial charge in [0.1, 0.15) is 0 Å². The van der Waals surface area contributed by atoms with Crippen molar-refractivity contribution in [2.45, 2.75) is 77.4 Å². The zero-order valence-corrected chi connectivity index (χ0v) is 16.1. The summed E-state index contributed by atoms with van der Waals surface area (Å²) in [6.45, 7) is 11.3. The molecule has 0 amide bonds. The van der Waals surface area contributed by atoms with Gasteiger partial charge in [-0.3, -0.25) is 0 Å². The van der Waals surface area contributed by atoms with Crippen molar-refractivity contribution in [3.8, 4) is 0 Å². The van der Waals surface area contributed by atoms with Gasteiger partial charge in [-0.15, -0.1) is 0 Å². The molecule has 0 unspecified atom stereocenters. The van der Waals surface area contributed by atoms with Crippen LogP contribution >= 0.6 is 12.9 Å². The van der Waals surface area contributed by atoms with Crippen LogP contribution in [0.15, 0.2) is 0 Å². The quantitative estimate of drug-likeness (QED) is 0.615. The first-order chi connectivity index (χ1) is 11.1. The molecule has 0 bridgehead atoms. The lowest BCUT2D eigenvalue weighted by atomic mass is 9.67. The van der Waals surface area contributed by atoms with Crippen molar-refractivity contribution in [3.05, 3.63) is 0 Å². The van der Waals surface area contributed by atoms with E-state index in [9.17, 15) is 0 Å². The molecule has 3 rings (SSSR count). The Labute approximate surface area is 148 Å². The summed E-state index contributed by atoms with van der Waals surface area (Å²) in [5, 5.41) is 0. The summed E-state index contributed by atoms with van der Waals surface area (Å²) in [5.74, 6) is 0.937. The Hall–Kier alpha value is 0.230. The predicted octanol–water partition coefficient (Wildman–Crippen LogP) is 3.99. The van der Waals surface area contributed by atoms with Gasteiger partial charge in [-0.05, 0) is 116 Å². The van der Waals surface area contributed by atoms with E-state index in [1.165, 1.54) is 84.1 Å². The van der Waals surface area contributed by atoms with Gasteiger partial charge in [0.05, 0.1) is 6.10 Å². The molecule has 3 nitrogen and oxygen atoms in total. The summed E-state index contributed by atoms with van der Waals surface area (Å²) in [5.41, 5.74) is 0.639. The number of piperidine rings is 2. The molecule has 0 aromatic rings. The number of hydrogen-bond donors (Lipinski definition) is 1. The molecule has 0 atom stereocenters. The van der Waals surface area contributed by atoms with Crippen molar-refractivity contribution in [1.29, 1.82) is 0 Å². The van der Waals surface area contributed by atoms with Crippen LogP contribution < -0.4 is 0 Å². The van der Waals surface area contributed by atoms with E-state index in [4.69, 9.17) is 4.18 Å². The summed E-state index contributed by atoms with van der Waals surface area (Å²) in [6, 6.07) is 0.724. The van der Waals surface area contributed by atoms with Crippen molar-refractivity contribution in [1.82, 2.24) is 9.80 Å². The molecule has 23 heavy (non-hydrogen) atoms. The van der Waals surface area contributed by atoms with Gasteiger partial charge in [-0.2, -0.15) is 0 Å². The summed E-state index contributed by atoms with van der Waals surface area (Å²) < 4.78 is 5.25. The van der Waals surface area contributed by atoms with Gasteiger partial charge in [0.25, 0.3) is 0 Å². The van der Waals surface area contributed by atoms with Crippen LogP contribution in [0.5, 0.6) is 0 Å². The van der Waals surface area contributed by atoms with E-state index in [1.54, 1.807) is 0 Å². The fraction of sp³-hybridized carbons (Fsp3) is 1.00. The Morgan fingerprint density at radius 3 is 2.09 bits per heavy atom. The maximum Gasteiger partial charge on any atom is 0.0719 e. The Bertz CT molecular complexity index is 350. The first kappa shape index (κ1) is 18.0. The molecule has 2 saturated heterocycles. The minimum Gasteiger partial charge on any atom is -0.315 e. The molecule has 3 aliphatic rings. The Morgan fingerprint density at radius 1 is 0.957 bits per heavy atom. The lowest BCUT2D eigenvalue weighted by Crippen LogP contribution is -2.46. The average Bonchev–Trinajstić information content (AvgIpc) is 2.58. The highest BCUT2D eigenvalue weighted by molar-refractivity contribution is 7.75. The van der Waals surface area contributed by atoms with E-state index < -0.39 is 0 Å². The van der Waals surface area contributed by atoms with Gasteiger partial charge in [0.2, 0.25) is 0 Å². The van der Waals surface area contributed by atoms with Gasteiger partial charge in [0, 0.05) is 12.6 Å². The lowest BCUT2D eigenvalue weighted by Gasteiger charge is -2.46. The van der Waals surface area contributed by atoms with Gasteiger partial charge in [0.15, 0.2) is 0 Å². The van der Waals surface area contributed by atoms with E-state index in [0.29, 0.717) is 11.5 Å². The van der Waals surface area contributed by atoms with Gasteiger partial charge < -0.3 is 14.0 Å². The van der Waals surface area contributed by atoms with Crippen LogP contribution in [-0.4, -0.2) is 54.7 Å². The third-order valence-electron chi connectivity index (χ3n) is 6.95. The molecule has 134 valence electrons. The molecule has 2 heterocycles. The zero-order chi connectivity index (χ0) is 16.3. The summed E-state index contributed by atoms with van der Waals surface area (Å²) in [7, 11) is 0. The van der Waals surface area contributed by atoms with Crippen LogP contribution in [0.25, 0.3) is 0 Å². The maximum atomic E-state index is 5.25. The monoisotopic (exact) mass is 340 g/mol. The Kier molecular flexibility index (Phi) is 6.33. The highest BCUT2D eigenvalue weighted by Gasteiger charge is 2.38. The zero-order valence-electron chi connectivity index (χ0n) is 15.2. The summed E-state index contributed by atoms with van der Waals surface area (Å²) in [6.07, 6.45) is 11.2. The molecule has 0 aromatic carbocycles. The first-order valence-electron chi connectivity index (χ1n) is 9.87. The third kappa shape index (κ3) is 4.65. The van der Waals surface area contributed by atoms with Crippen molar-refractivity contribution < 1.29 is 4.18 Å². The minimum absolute atomic E-state index is 0.410. The number of likely N-dealkylation sites (tertiary alicyclic amines) is 2. The molecule has 1 aliphatic carbocycles. The fourth-order valence-corrected chi connectivity index (χ4v) is 5.25. The minimum atomic E-state index is 0.410. The van der Waals surface area contributed by atoms with Crippen LogP contribution in [0.3, 0.4) is 0 Å². The first-order valence-corrected chi connectivity index (χ1v) is 10.2. The highest BCUT2D eigenvalue weighted by atomic mass is 32.1. The lowest BCUT2D eigenvalue weighted by molar-refractivity contribution is 0.0232. The van der Waals surface area contributed by atoms with Crippen LogP contribution in [-0.2, 0) is 4.18 Å². The van der Waals surface area contributed by atoms with Crippen LogP contribution in [0.4, 0.5) is 0 Å². The van der Waals surface area contributed by atoms with Gasteiger partial charge in [-0.25, -0.2) is 0 Å². The standard InChI is InChI=1S/C19H36N2OS/c1-16(2)21-11-5-17(6-12-21)15-20-13-9-19(10-14-20)7-3-18(22-23)4-8-19/h16-18,23H,3-15H2,1-2H3. The molecule has 0 N–H and O–H groups in total. The van der Waals surface area contributed by atoms with Gasteiger partial charge in [-0.1, -0.05) is 0 Å². The van der Waals surface area contributed by atoms with Crippen LogP contribution in [0.1, 0.15) is 65.2 Å². The van der Waals surface area contributed by atoms with Crippen LogP contribution in [0, 0.1) is 11.3 Å². The SMILES string of the molecule is CC(C)N1CCC(CN2CCC3(CCC(OS)CC3)CC2)CC1. The largest absolute Gasteiger partial charge is 0.315 e. The molecule has 0 radical (unpaired) electrons. The van der Waals surface area contributed by atoms with E-state index in [2.05, 4.69) is 36.6 Å². The summed E-state index contributed by atoms with van der Waals surface area (Å²) in [4.78, 5) is 5.41. The van der Waals surface area contributed by atoms with Crippen molar-refractivity contribution >= 4 is 12.9 Å². The molecular weight excluding hydrogens is 304 g/mol. The predicted molar refractivity (Wildman–Crippen MR) is 99.9 cm³/mol. The second kappa shape index (κ2) is 8.07. The van der Waals surface area contributed by atoms with Gasteiger partial charge >= 0.3 is 0 Å². The average molecular weight is 341 g/mol. The van der Waals surface area contributed by atoms with Crippen molar-refractivity contribution in [2.75, 3.05) is 32.7 Å². The third-order valence-corrected chi connectivity index (χ3v) is 7.25. The number of hydrogen-bond acceptors (Lipinski definition) is 4. The van der Waals surface area contributed by atoms with Crippen LogP contribution in [0.2, 0.25) is 0 Å². The molecule has 2 aliphatic heterocycles. The van der Waals surface area contributed by atoms with E-state index in [-0.39, 0.29) is 0 Å². The fourth-order valence-electron chi connectivity index (χ4n) is 5.04. The number of nitrogens with zero attached hydrogens (tertiary/aromatic N) is 2. The summed E-state index contributed by atoms with van der Waals surface area (Å²) >= 11 is 4.01. The molecule has 4 heteroatoms. The molecule has 0 aromatic heterocycles. The normalized spacial score (nSPS) is 28.7. The van der Waals surface area contributed by atoms with Crippen molar-refractivity contribution in [2.24, 2.45) is 11.3 Å². The second-order valence-electron chi connectivity index (χ2n) is 8.68. The Morgan fingerprint density at radius 2 is 1.57 bits per heavy atom. The number of rotatable bonds is 4. The highest BCUT2D eigenvalue weighted by Crippen LogP contribution is 2.45. The molecule has 1 saturated carbocycles. The topological polar surface area (TPSA) is 15.7 Å². The van der Waals surface area contributed by atoms with Crippen molar-refractivity contribution in [3.63, 3.8) is 0 Å². The second-order valence-corrected chi connectivity index (χ2v) is 8.89.